The van der Waals surface area contributed by atoms with Crippen LogP contribution in [0.15, 0.2) is 14.7 Å². The number of hydrogen-bond acceptors (Lipinski definition) is 4. The summed E-state index contributed by atoms with van der Waals surface area (Å²) in [5.74, 6) is 0. The fraction of sp³-hybridized carbons (Fsp3) is 0.636. The zero-order valence-electron chi connectivity index (χ0n) is 11.2. The van der Waals surface area contributed by atoms with Gasteiger partial charge in [-0.2, -0.15) is 4.31 Å². The Morgan fingerprint density at radius 2 is 2.15 bits per heavy atom. The molecule has 1 heterocycles. The molecule has 0 spiro atoms. The molecule has 0 bridgehead atoms. The van der Waals surface area contributed by atoms with Gasteiger partial charge < -0.3 is 5.32 Å². The lowest BCUT2D eigenvalue weighted by Crippen LogP contribution is -2.31. The molecule has 1 aromatic heterocycles. The molecule has 0 atom stereocenters. The van der Waals surface area contributed by atoms with Gasteiger partial charge in [-0.15, -0.1) is 11.3 Å². The Labute approximate surface area is 130 Å². The minimum absolute atomic E-state index is 0.0407. The van der Waals surface area contributed by atoms with Crippen molar-refractivity contribution < 1.29 is 17.2 Å². The molecular weight excluding hydrogens is 374 g/mol. The van der Waals surface area contributed by atoms with Gasteiger partial charge in [0, 0.05) is 18.5 Å². The fourth-order valence-corrected chi connectivity index (χ4v) is 5.26. The number of nitrogens with zero attached hydrogens (tertiary/aromatic N) is 1. The minimum atomic E-state index is -3.89. The van der Waals surface area contributed by atoms with E-state index in [9.17, 15) is 17.2 Å². The molecule has 0 saturated heterocycles. The summed E-state index contributed by atoms with van der Waals surface area (Å²) in [6.45, 7) is 2.62. The molecule has 1 rings (SSSR count). The molecule has 0 aliphatic rings. The predicted molar refractivity (Wildman–Crippen MR) is 79.8 cm³/mol. The first-order valence-corrected chi connectivity index (χ1v) is 9.07. The molecule has 0 saturated carbocycles. The van der Waals surface area contributed by atoms with Gasteiger partial charge in [-0.1, -0.05) is 6.92 Å². The van der Waals surface area contributed by atoms with E-state index < -0.39 is 23.0 Å². The van der Waals surface area contributed by atoms with Crippen molar-refractivity contribution >= 4 is 37.3 Å². The van der Waals surface area contributed by atoms with Crippen molar-refractivity contribution in [3.63, 3.8) is 0 Å². The number of halogens is 3. The van der Waals surface area contributed by atoms with E-state index in [1.165, 1.54) is 17.4 Å². The van der Waals surface area contributed by atoms with Crippen LogP contribution in [0, 0.1) is 0 Å². The van der Waals surface area contributed by atoms with Gasteiger partial charge in [0.05, 0.1) is 10.3 Å². The summed E-state index contributed by atoms with van der Waals surface area (Å²) in [5, 5.41) is 3.17. The summed E-state index contributed by atoms with van der Waals surface area (Å²) >= 11 is 4.48. The SMILES string of the molecule is CCCNCc1cc(S(=O)(=O)N(C)CC(F)F)c(Br)s1. The largest absolute Gasteiger partial charge is 0.312 e. The van der Waals surface area contributed by atoms with Crippen molar-refractivity contribution in [2.75, 3.05) is 20.1 Å². The quantitative estimate of drug-likeness (QED) is 0.694. The molecule has 0 aliphatic heterocycles. The summed E-state index contributed by atoms with van der Waals surface area (Å²) in [6, 6.07) is 1.52. The Morgan fingerprint density at radius 1 is 1.50 bits per heavy atom. The molecule has 116 valence electrons. The Balaban J connectivity index is 2.89. The first-order chi connectivity index (χ1) is 9.28. The van der Waals surface area contributed by atoms with Crippen molar-refractivity contribution in [1.82, 2.24) is 9.62 Å². The summed E-state index contributed by atoms with van der Waals surface area (Å²) in [6.07, 6.45) is -1.72. The molecule has 0 unspecified atom stereocenters. The fourth-order valence-electron chi connectivity index (χ4n) is 1.51. The van der Waals surface area contributed by atoms with Crippen molar-refractivity contribution in [2.24, 2.45) is 0 Å². The molecule has 1 aromatic rings. The normalized spacial score (nSPS) is 12.6. The molecule has 0 radical (unpaired) electrons. The molecule has 0 aromatic carbocycles. The summed E-state index contributed by atoms with van der Waals surface area (Å²) in [7, 11) is -2.73. The van der Waals surface area contributed by atoms with E-state index in [1.54, 1.807) is 0 Å². The van der Waals surface area contributed by atoms with Gasteiger partial charge in [0.1, 0.15) is 4.90 Å². The average Bonchev–Trinajstić information content (AvgIpc) is 2.70. The van der Waals surface area contributed by atoms with Crippen molar-refractivity contribution in [1.29, 1.82) is 0 Å². The van der Waals surface area contributed by atoms with Crippen LogP contribution < -0.4 is 5.32 Å². The highest BCUT2D eigenvalue weighted by molar-refractivity contribution is 9.11. The van der Waals surface area contributed by atoms with Crippen LogP contribution in [0.25, 0.3) is 0 Å². The van der Waals surface area contributed by atoms with Crippen LogP contribution >= 0.6 is 27.3 Å². The number of rotatable bonds is 8. The number of thiophene rings is 1. The Hall–Kier alpha value is -0.0900. The van der Waals surface area contributed by atoms with Crippen LogP contribution in [0.3, 0.4) is 0 Å². The van der Waals surface area contributed by atoms with E-state index in [-0.39, 0.29) is 4.90 Å². The van der Waals surface area contributed by atoms with E-state index in [2.05, 4.69) is 21.2 Å². The zero-order valence-corrected chi connectivity index (χ0v) is 14.4. The standard InChI is InChI=1S/C11H17BrF2N2O2S2/c1-3-4-15-6-8-5-9(11(12)19-8)20(17,18)16(2)7-10(13)14/h5,10,15H,3-4,6-7H2,1-2H3. The van der Waals surface area contributed by atoms with E-state index in [0.717, 1.165) is 24.9 Å². The maximum atomic E-state index is 12.3. The lowest BCUT2D eigenvalue weighted by atomic mass is 10.4. The number of sulfonamides is 1. The Morgan fingerprint density at radius 3 is 2.70 bits per heavy atom. The lowest BCUT2D eigenvalue weighted by Gasteiger charge is -2.15. The van der Waals surface area contributed by atoms with Crippen LogP contribution in [0.5, 0.6) is 0 Å². The van der Waals surface area contributed by atoms with Gasteiger partial charge in [-0.05, 0) is 35.0 Å². The summed E-state index contributed by atoms with van der Waals surface area (Å²) < 4.78 is 50.1. The second kappa shape index (κ2) is 7.79. The van der Waals surface area contributed by atoms with Crippen molar-refractivity contribution in [2.45, 2.75) is 31.2 Å². The van der Waals surface area contributed by atoms with Gasteiger partial charge in [0.2, 0.25) is 10.0 Å². The number of hydrogen-bond donors (Lipinski definition) is 1. The smallest absolute Gasteiger partial charge is 0.252 e. The second-order valence-corrected chi connectivity index (χ2v) is 8.67. The Kier molecular flexibility index (Phi) is 6.99. The molecule has 0 fully saturated rings. The second-order valence-electron chi connectivity index (χ2n) is 4.20. The zero-order chi connectivity index (χ0) is 15.3. The predicted octanol–water partition coefficient (Wildman–Crippen LogP) is 2.90. The van der Waals surface area contributed by atoms with E-state index in [4.69, 9.17) is 0 Å². The van der Waals surface area contributed by atoms with E-state index in [0.29, 0.717) is 14.6 Å². The third kappa shape index (κ3) is 4.73. The molecular formula is C11H17BrF2N2O2S2. The number of alkyl halides is 2. The molecule has 0 aliphatic carbocycles. The highest BCUT2D eigenvalue weighted by Crippen LogP contribution is 2.33. The van der Waals surface area contributed by atoms with Gasteiger partial charge in [-0.3, -0.25) is 0 Å². The topological polar surface area (TPSA) is 49.4 Å². The first kappa shape index (κ1) is 18.0. The monoisotopic (exact) mass is 390 g/mol. The van der Waals surface area contributed by atoms with Crippen LogP contribution in [0.4, 0.5) is 8.78 Å². The third-order valence-corrected chi connectivity index (χ3v) is 6.59. The lowest BCUT2D eigenvalue weighted by molar-refractivity contribution is 0.126. The molecule has 9 heteroatoms. The highest BCUT2D eigenvalue weighted by Gasteiger charge is 2.27. The van der Waals surface area contributed by atoms with Crippen LogP contribution in [-0.4, -0.2) is 39.3 Å². The molecule has 20 heavy (non-hydrogen) atoms. The number of nitrogens with one attached hydrogen (secondary N) is 1. The molecule has 0 amide bonds. The maximum absolute atomic E-state index is 12.3. The highest BCUT2D eigenvalue weighted by atomic mass is 79.9. The average molecular weight is 391 g/mol. The molecule has 4 nitrogen and oxygen atoms in total. The first-order valence-electron chi connectivity index (χ1n) is 6.02. The van der Waals surface area contributed by atoms with Gasteiger partial charge in [-0.25, -0.2) is 17.2 Å². The van der Waals surface area contributed by atoms with E-state index in [1.807, 2.05) is 6.92 Å². The van der Waals surface area contributed by atoms with Gasteiger partial charge >= 0.3 is 0 Å². The van der Waals surface area contributed by atoms with Crippen LogP contribution in [0.1, 0.15) is 18.2 Å². The summed E-state index contributed by atoms with van der Waals surface area (Å²) in [5.41, 5.74) is 0. The van der Waals surface area contributed by atoms with E-state index >= 15 is 0 Å². The van der Waals surface area contributed by atoms with Crippen molar-refractivity contribution in [3.8, 4) is 0 Å². The molecule has 1 N–H and O–H groups in total. The minimum Gasteiger partial charge on any atom is -0.312 e. The third-order valence-electron chi connectivity index (χ3n) is 2.52. The van der Waals surface area contributed by atoms with Crippen LogP contribution in [-0.2, 0) is 16.6 Å². The maximum Gasteiger partial charge on any atom is 0.252 e. The van der Waals surface area contributed by atoms with Crippen LogP contribution in [0.2, 0.25) is 0 Å². The van der Waals surface area contributed by atoms with Crippen molar-refractivity contribution in [3.05, 3.63) is 14.7 Å². The Bertz CT molecular complexity index is 535. The van der Waals surface area contributed by atoms with Gasteiger partial charge in [0.15, 0.2) is 0 Å². The summed E-state index contributed by atoms with van der Waals surface area (Å²) in [4.78, 5) is 0.883. The van der Waals surface area contributed by atoms with Gasteiger partial charge in [0.25, 0.3) is 6.43 Å².